The minimum absolute atomic E-state index is 0.166. The fraction of sp³-hybridized carbons (Fsp3) is 0.263. The van der Waals surface area contributed by atoms with Gasteiger partial charge in [-0.2, -0.15) is 4.98 Å². The lowest BCUT2D eigenvalue weighted by Gasteiger charge is -2.11. The van der Waals surface area contributed by atoms with Gasteiger partial charge in [0.15, 0.2) is 0 Å². The van der Waals surface area contributed by atoms with E-state index in [2.05, 4.69) is 41.2 Å². The van der Waals surface area contributed by atoms with E-state index in [4.69, 9.17) is 0 Å². The van der Waals surface area contributed by atoms with Crippen LogP contribution in [-0.4, -0.2) is 46.4 Å². The maximum atomic E-state index is 11.8. The number of carbonyl (C=O) groups is 1. The van der Waals surface area contributed by atoms with Crippen LogP contribution in [0.1, 0.15) is 18.5 Å². The minimum Gasteiger partial charge on any atom is -0.370 e. The molecule has 2 heterocycles. The van der Waals surface area contributed by atoms with Gasteiger partial charge >= 0.3 is 6.03 Å². The average Bonchev–Trinajstić information content (AvgIpc) is 3.36. The van der Waals surface area contributed by atoms with E-state index in [0.29, 0.717) is 12.0 Å². The summed E-state index contributed by atoms with van der Waals surface area (Å²) in [5.41, 5.74) is 3.62. The summed E-state index contributed by atoms with van der Waals surface area (Å²) in [6.45, 7) is 0.739. The first-order valence-corrected chi connectivity index (χ1v) is 9.65. The molecule has 5 N–H and O–H groups in total. The summed E-state index contributed by atoms with van der Waals surface area (Å²) in [4.78, 5) is 27.8. The molecule has 29 heavy (non-hydrogen) atoms. The van der Waals surface area contributed by atoms with Crippen molar-refractivity contribution in [2.24, 2.45) is 0 Å². The zero-order valence-corrected chi connectivity index (χ0v) is 16.2. The maximum Gasteiger partial charge on any atom is 0.319 e. The first kappa shape index (κ1) is 18.8. The number of imidazole rings is 1. The van der Waals surface area contributed by atoms with Gasteiger partial charge in [0.05, 0.1) is 6.33 Å². The molecule has 0 radical (unpaired) electrons. The highest BCUT2D eigenvalue weighted by atomic mass is 16.2. The van der Waals surface area contributed by atoms with E-state index in [1.54, 1.807) is 12.5 Å². The van der Waals surface area contributed by atoms with Crippen molar-refractivity contribution in [1.29, 1.82) is 0 Å². The Kier molecular flexibility index (Phi) is 5.60. The number of aromatic amines is 1. The lowest BCUT2D eigenvalue weighted by atomic mass is 9.99. The maximum absolute atomic E-state index is 11.8. The number of amides is 2. The van der Waals surface area contributed by atoms with Gasteiger partial charge < -0.3 is 26.3 Å². The molecule has 9 nitrogen and oxygen atoms in total. The van der Waals surface area contributed by atoms with Crippen molar-refractivity contribution in [2.45, 2.75) is 25.3 Å². The molecular weight excluding hydrogens is 367 g/mol. The molecule has 1 aromatic carbocycles. The lowest BCUT2D eigenvalue weighted by molar-refractivity contribution is 0.251. The topological polar surface area (TPSA) is 120 Å². The fourth-order valence-electron chi connectivity index (χ4n) is 2.76. The van der Waals surface area contributed by atoms with E-state index >= 15 is 0 Å². The fourth-order valence-corrected chi connectivity index (χ4v) is 2.76. The van der Waals surface area contributed by atoms with Crippen molar-refractivity contribution in [3.8, 4) is 0 Å². The lowest BCUT2D eigenvalue weighted by Crippen LogP contribution is -2.30. The predicted molar refractivity (Wildman–Crippen MR) is 116 cm³/mol. The number of benzene rings is 1. The van der Waals surface area contributed by atoms with Crippen LogP contribution in [0, 0.1) is 0 Å². The van der Waals surface area contributed by atoms with Crippen molar-refractivity contribution >= 4 is 42.5 Å². The van der Waals surface area contributed by atoms with Crippen LogP contribution in [0.3, 0.4) is 0 Å². The third-order valence-electron chi connectivity index (χ3n) is 4.52. The van der Waals surface area contributed by atoms with E-state index in [-0.39, 0.29) is 6.03 Å². The molecule has 3 aromatic rings. The molecule has 0 spiro atoms. The number of hydrogen-bond acceptors (Lipinski definition) is 6. The van der Waals surface area contributed by atoms with Gasteiger partial charge in [0.2, 0.25) is 5.95 Å². The molecule has 10 heteroatoms. The van der Waals surface area contributed by atoms with Gasteiger partial charge in [0.1, 0.15) is 13.7 Å². The molecule has 0 atom stereocenters. The summed E-state index contributed by atoms with van der Waals surface area (Å²) in [7, 11) is 1.97. The number of H-pyrrole nitrogens is 1. The van der Waals surface area contributed by atoms with E-state index < -0.39 is 0 Å². The number of rotatable bonds is 8. The van der Waals surface area contributed by atoms with Gasteiger partial charge in [0, 0.05) is 48.5 Å². The second-order valence-corrected chi connectivity index (χ2v) is 7.05. The zero-order valence-electron chi connectivity index (χ0n) is 16.2. The van der Waals surface area contributed by atoms with Crippen LogP contribution in [0.2, 0.25) is 0 Å². The SMILES string of the molecule is Bc1cnc(Nc2ccc(NC(=O)NC3CC3)cc2)nc1NCCc1cnc[nH]1. The summed E-state index contributed by atoms with van der Waals surface area (Å²) in [6.07, 6.45) is 8.23. The molecule has 0 bridgehead atoms. The monoisotopic (exact) mass is 390 g/mol. The quantitative estimate of drug-likeness (QED) is 0.368. The third kappa shape index (κ3) is 5.47. The number of aromatic nitrogens is 4. The summed E-state index contributed by atoms with van der Waals surface area (Å²) in [5.74, 6) is 1.30. The van der Waals surface area contributed by atoms with Crippen molar-refractivity contribution < 1.29 is 4.79 Å². The number of hydrogen-bond donors (Lipinski definition) is 5. The van der Waals surface area contributed by atoms with Gasteiger partial charge in [-0.3, -0.25) is 0 Å². The molecule has 148 valence electrons. The first-order chi connectivity index (χ1) is 14.2. The van der Waals surface area contributed by atoms with Crippen LogP contribution < -0.4 is 26.7 Å². The number of nitrogens with zero attached hydrogens (tertiary/aromatic N) is 3. The summed E-state index contributed by atoms with van der Waals surface area (Å²) in [6, 6.07) is 7.60. The largest absolute Gasteiger partial charge is 0.370 e. The molecular formula is C19H23BN8O. The van der Waals surface area contributed by atoms with Crippen LogP contribution >= 0.6 is 0 Å². The smallest absolute Gasteiger partial charge is 0.319 e. The Morgan fingerprint density at radius 2 is 1.97 bits per heavy atom. The van der Waals surface area contributed by atoms with Gasteiger partial charge in [-0.25, -0.2) is 14.8 Å². The normalized spacial score (nSPS) is 13.0. The van der Waals surface area contributed by atoms with E-state index in [9.17, 15) is 4.79 Å². The molecule has 0 aliphatic heterocycles. The van der Waals surface area contributed by atoms with Crippen molar-refractivity contribution in [2.75, 3.05) is 22.5 Å². The number of anilines is 4. The summed E-state index contributed by atoms with van der Waals surface area (Å²) < 4.78 is 0. The van der Waals surface area contributed by atoms with E-state index in [1.165, 1.54) is 0 Å². The van der Waals surface area contributed by atoms with Crippen LogP contribution in [0.15, 0.2) is 43.0 Å². The molecule has 1 aliphatic rings. The van der Waals surface area contributed by atoms with Crippen molar-refractivity contribution in [1.82, 2.24) is 25.3 Å². The molecule has 1 fully saturated rings. The Morgan fingerprint density at radius 1 is 1.17 bits per heavy atom. The number of nitrogens with one attached hydrogen (secondary N) is 5. The van der Waals surface area contributed by atoms with Crippen molar-refractivity contribution in [3.05, 3.63) is 48.7 Å². The van der Waals surface area contributed by atoms with Gasteiger partial charge in [-0.15, -0.1) is 0 Å². The Bertz CT molecular complexity index is 957. The van der Waals surface area contributed by atoms with Gasteiger partial charge in [-0.05, 0) is 42.6 Å². The Labute approximate surface area is 169 Å². The molecule has 1 aliphatic carbocycles. The van der Waals surface area contributed by atoms with Crippen LogP contribution in [0.25, 0.3) is 0 Å². The average molecular weight is 390 g/mol. The molecule has 2 amide bonds. The third-order valence-corrected chi connectivity index (χ3v) is 4.52. The highest BCUT2D eigenvalue weighted by Crippen LogP contribution is 2.20. The Hall–Kier alpha value is -3.56. The van der Waals surface area contributed by atoms with Crippen LogP contribution in [0.4, 0.5) is 27.9 Å². The predicted octanol–water partition coefficient (Wildman–Crippen LogP) is 1.14. The second-order valence-electron chi connectivity index (χ2n) is 7.05. The van der Waals surface area contributed by atoms with Gasteiger partial charge in [-0.1, -0.05) is 0 Å². The zero-order chi connectivity index (χ0) is 20.1. The van der Waals surface area contributed by atoms with Crippen LogP contribution in [0.5, 0.6) is 0 Å². The minimum atomic E-state index is -0.166. The standard InChI is InChI=1S/C19H23BN8O/c20-16-10-23-18(28-17(16)22-8-7-15-9-21-11-24-15)25-12-1-3-13(4-2-12)26-19(29)27-14-5-6-14/h1-4,9-11,14H,5-8,20H2,(H,21,24)(H2,26,27,29)(H2,22,23,25,28). The summed E-state index contributed by atoms with van der Waals surface area (Å²) >= 11 is 0. The first-order valence-electron chi connectivity index (χ1n) is 9.65. The molecule has 0 saturated heterocycles. The van der Waals surface area contributed by atoms with Crippen LogP contribution in [-0.2, 0) is 6.42 Å². The number of carbonyl (C=O) groups excluding carboxylic acids is 1. The van der Waals surface area contributed by atoms with E-state index in [1.807, 2.05) is 38.3 Å². The van der Waals surface area contributed by atoms with E-state index in [0.717, 1.165) is 54.2 Å². The molecule has 1 saturated carbocycles. The Balaban J connectivity index is 1.32. The highest BCUT2D eigenvalue weighted by molar-refractivity contribution is 6.35. The molecule has 2 aromatic heterocycles. The highest BCUT2D eigenvalue weighted by Gasteiger charge is 2.23. The molecule has 0 unspecified atom stereocenters. The van der Waals surface area contributed by atoms with Crippen molar-refractivity contribution in [3.63, 3.8) is 0 Å². The summed E-state index contributed by atoms with van der Waals surface area (Å²) in [5, 5.41) is 12.3. The van der Waals surface area contributed by atoms with Gasteiger partial charge in [0.25, 0.3) is 0 Å². The molecule has 4 rings (SSSR count). The second kappa shape index (κ2) is 8.64. The Morgan fingerprint density at radius 3 is 2.69 bits per heavy atom. The number of urea groups is 1.